The van der Waals surface area contributed by atoms with Crippen molar-refractivity contribution in [2.45, 2.75) is 0 Å². The van der Waals surface area contributed by atoms with Gasteiger partial charge in [0.05, 0.1) is 10.7 Å². The molecule has 0 saturated carbocycles. The van der Waals surface area contributed by atoms with Crippen LogP contribution in [-0.2, 0) is 4.79 Å². The summed E-state index contributed by atoms with van der Waals surface area (Å²) in [4.78, 5) is 11.8. The molecule has 0 bridgehead atoms. The van der Waals surface area contributed by atoms with E-state index in [1.165, 1.54) is 12.3 Å². The van der Waals surface area contributed by atoms with Gasteiger partial charge in [-0.15, -0.1) is 6.58 Å². The van der Waals surface area contributed by atoms with Gasteiger partial charge in [-0.25, -0.2) is 0 Å². The molecule has 0 heterocycles. The van der Waals surface area contributed by atoms with Gasteiger partial charge in [-0.05, 0) is 18.2 Å². The molecule has 0 aliphatic rings. The fraction of sp³-hybridized carbons (Fsp3) is 0.0769. The average Bonchev–Trinajstić information content (AvgIpc) is 2.38. The monoisotopic (exact) mass is 276 g/mol. The molecule has 0 aliphatic carbocycles. The van der Waals surface area contributed by atoms with Crippen LogP contribution in [-0.4, -0.2) is 12.5 Å². The Hall–Kier alpha value is -2.45. The Balaban J connectivity index is 2.80. The molecule has 19 heavy (non-hydrogen) atoms. The second kappa shape index (κ2) is 7.09. The molecule has 0 atom stereocenters. The summed E-state index contributed by atoms with van der Waals surface area (Å²) in [7, 11) is 0. The number of anilines is 2. The zero-order chi connectivity index (χ0) is 14.3. The van der Waals surface area contributed by atoms with Gasteiger partial charge in [-0.2, -0.15) is 5.26 Å². The number of rotatable bonds is 5. The van der Waals surface area contributed by atoms with Gasteiger partial charge in [0.15, 0.2) is 0 Å². The highest BCUT2D eigenvalue weighted by molar-refractivity contribution is 6.34. The van der Waals surface area contributed by atoms with Crippen LogP contribution in [0.4, 0.5) is 11.4 Å². The van der Waals surface area contributed by atoms with Crippen LogP contribution in [0.1, 0.15) is 0 Å². The lowest BCUT2D eigenvalue weighted by molar-refractivity contribution is -0.112. The summed E-state index contributed by atoms with van der Waals surface area (Å²) in [6.45, 7) is 3.97. The first-order chi connectivity index (χ1) is 9.08. The largest absolute Gasteiger partial charge is 0.399 e. The number of nitrogens with zero attached hydrogens (tertiary/aromatic N) is 1. The molecule has 4 N–H and O–H groups in total. The lowest BCUT2D eigenvalue weighted by atomic mass is 10.2. The summed E-state index contributed by atoms with van der Waals surface area (Å²) in [6, 6.07) is 6.49. The molecule has 0 unspecified atom stereocenters. The van der Waals surface area contributed by atoms with Crippen LogP contribution in [0.2, 0.25) is 5.02 Å². The van der Waals surface area contributed by atoms with E-state index in [-0.39, 0.29) is 5.57 Å². The number of nitrogen functional groups attached to an aromatic ring is 1. The Bertz CT molecular complexity index is 560. The molecule has 0 radical (unpaired) electrons. The van der Waals surface area contributed by atoms with Crippen molar-refractivity contribution in [3.63, 3.8) is 0 Å². The third kappa shape index (κ3) is 4.37. The summed E-state index contributed by atoms with van der Waals surface area (Å²) >= 11 is 5.92. The van der Waals surface area contributed by atoms with E-state index in [1.807, 2.05) is 0 Å². The van der Waals surface area contributed by atoms with Crippen LogP contribution >= 0.6 is 11.6 Å². The first-order valence-corrected chi connectivity index (χ1v) is 5.77. The number of halogens is 1. The van der Waals surface area contributed by atoms with Crippen molar-refractivity contribution in [3.05, 3.63) is 47.6 Å². The summed E-state index contributed by atoms with van der Waals surface area (Å²) in [6.07, 6.45) is 2.93. The number of nitriles is 1. The minimum absolute atomic E-state index is 0.0604. The first kappa shape index (κ1) is 14.6. The number of nitrogens with one attached hydrogen (secondary N) is 2. The van der Waals surface area contributed by atoms with E-state index in [9.17, 15) is 4.79 Å². The summed E-state index contributed by atoms with van der Waals surface area (Å²) in [5.41, 5.74) is 6.37. The van der Waals surface area contributed by atoms with E-state index in [1.54, 1.807) is 24.3 Å². The number of nitrogens with two attached hydrogens (primary N) is 1. The van der Waals surface area contributed by atoms with Crippen molar-refractivity contribution < 1.29 is 4.79 Å². The molecule has 0 saturated heterocycles. The molecule has 1 aromatic rings. The lowest BCUT2D eigenvalue weighted by Gasteiger charge is -2.07. The third-order valence-electron chi connectivity index (χ3n) is 2.12. The summed E-state index contributed by atoms with van der Waals surface area (Å²) in [5, 5.41) is 14.5. The molecule has 0 fully saturated rings. The Morgan fingerprint density at radius 2 is 2.32 bits per heavy atom. The number of carbonyl (C=O) groups is 1. The Morgan fingerprint density at radius 3 is 2.89 bits per heavy atom. The van der Waals surface area contributed by atoms with E-state index in [0.717, 1.165) is 0 Å². The standard InChI is InChI=1S/C13H13ClN4O/c1-2-5-17-8-9(7-15)13(19)18-12-4-3-10(16)6-11(12)14/h2-4,6,8,17H,1,5,16H2,(H,18,19)/b9-8-. The number of hydrogen-bond donors (Lipinski definition) is 3. The highest BCUT2D eigenvalue weighted by Crippen LogP contribution is 2.24. The van der Waals surface area contributed by atoms with Crippen LogP contribution in [0.5, 0.6) is 0 Å². The lowest BCUT2D eigenvalue weighted by Crippen LogP contribution is -2.17. The number of hydrogen-bond acceptors (Lipinski definition) is 4. The minimum atomic E-state index is -0.550. The van der Waals surface area contributed by atoms with E-state index < -0.39 is 5.91 Å². The number of amides is 1. The fourth-order valence-electron chi connectivity index (χ4n) is 1.22. The second-order valence-corrected chi connectivity index (χ2v) is 3.97. The van der Waals surface area contributed by atoms with Crippen molar-refractivity contribution in [3.8, 4) is 6.07 Å². The number of benzene rings is 1. The highest BCUT2D eigenvalue weighted by atomic mass is 35.5. The quantitative estimate of drug-likeness (QED) is 0.252. The van der Waals surface area contributed by atoms with Crippen molar-refractivity contribution in [2.75, 3.05) is 17.6 Å². The van der Waals surface area contributed by atoms with Gasteiger partial charge in [0.2, 0.25) is 0 Å². The molecular formula is C13H13ClN4O. The van der Waals surface area contributed by atoms with E-state index in [4.69, 9.17) is 22.6 Å². The Labute approximate surface area is 116 Å². The van der Waals surface area contributed by atoms with Gasteiger partial charge in [0.1, 0.15) is 11.6 Å². The van der Waals surface area contributed by atoms with Crippen molar-refractivity contribution >= 4 is 28.9 Å². The average molecular weight is 277 g/mol. The van der Waals surface area contributed by atoms with E-state index in [2.05, 4.69) is 17.2 Å². The molecule has 98 valence electrons. The maximum absolute atomic E-state index is 11.8. The van der Waals surface area contributed by atoms with E-state index >= 15 is 0 Å². The van der Waals surface area contributed by atoms with Crippen LogP contribution in [0, 0.1) is 11.3 Å². The Morgan fingerprint density at radius 1 is 1.58 bits per heavy atom. The van der Waals surface area contributed by atoms with Gasteiger partial charge in [0.25, 0.3) is 5.91 Å². The fourth-order valence-corrected chi connectivity index (χ4v) is 1.45. The van der Waals surface area contributed by atoms with Crippen LogP contribution < -0.4 is 16.4 Å². The maximum atomic E-state index is 11.8. The van der Waals surface area contributed by atoms with E-state index in [0.29, 0.717) is 22.9 Å². The molecule has 0 aliphatic heterocycles. The molecule has 1 amide bonds. The highest BCUT2D eigenvalue weighted by Gasteiger charge is 2.11. The van der Waals surface area contributed by atoms with Gasteiger partial charge in [0, 0.05) is 18.4 Å². The second-order valence-electron chi connectivity index (χ2n) is 3.56. The van der Waals surface area contributed by atoms with Crippen molar-refractivity contribution in [1.29, 1.82) is 5.26 Å². The summed E-state index contributed by atoms with van der Waals surface area (Å²) in [5.74, 6) is -0.550. The smallest absolute Gasteiger partial charge is 0.267 e. The zero-order valence-corrected chi connectivity index (χ0v) is 10.9. The molecule has 1 aromatic carbocycles. The van der Waals surface area contributed by atoms with Crippen molar-refractivity contribution in [2.24, 2.45) is 0 Å². The van der Waals surface area contributed by atoms with Gasteiger partial charge < -0.3 is 16.4 Å². The SMILES string of the molecule is C=CCN/C=C(/C#N)C(=O)Nc1ccc(N)cc1Cl. The zero-order valence-electron chi connectivity index (χ0n) is 10.1. The molecule has 6 heteroatoms. The van der Waals surface area contributed by atoms with Crippen LogP contribution in [0.15, 0.2) is 42.6 Å². The molecule has 0 aromatic heterocycles. The molecule has 1 rings (SSSR count). The van der Waals surface area contributed by atoms with Crippen LogP contribution in [0.25, 0.3) is 0 Å². The maximum Gasteiger partial charge on any atom is 0.267 e. The van der Waals surface area contributed by atoms with Gasteiger partial charge in [-0.3, -0.25) is 4.79 Å². The number of carbonyl (C=O) groups excluding carboxylic acids is 1. The van der Waals surface area contributed by atoms with Gasteiger partial charge >= 0.3 is 0 Å². The Kier molecular flexibility index (Phi) is 5.45. The topological polar surface area (TPSA) is 90.9 Å². The predicted octanol–water partition coefficient (Wildman–Crippen LogP) is 2.04. The minimum Gasteiger partial charge on any atom is -0.399 e. The molecular weight excluding hydrogens is 264 g/mol. The van der Waals surface area contributed by atoms with Crippen molar-refractivity contribution in [1.82, 2.24) is 5.32 Å². The predicted molar refractivity (Wildman–Crippen MR) is 76.4 cm³/mol. The normalized spacial score (nSPS) is 10.4. The molecule has 5 nitrogen and oxygen atoms in total. The molecule has 0 spiro atoms. The van der Waals surface area contributed by atoms with Gasteiger partial charge in [-0.1, -0.05) is 17.7 Å². The van der Waals surface area contributed by atoms with Crippen LogP contribution in [0.3, 0.4) is 0 Å². The third-order valence-corrected chi connectivity index (χ3v) is 2.43. The first-order valence-electron chi connectivity index (χ1n) is 5.39. The summed E-state index contributed by atoms with van der Waals surface area (Å²) < 4.78 is 0.